The van der Waals surface area contributed by atoms with Crippen LogP contribution in [0.4, 0.5) is 0 Å². The van der Waals surface area contributed by atoms with E-state index in [4.69, 9.17) is 18.6 Å². The van der Waals surface area contributed by atoms with Crippen molar-refractivity contribution in [2.75, 3.05) is 20.0 Å². The van der Waals surface area contributed by atoms with E-state index in [1.807, 2.05) is 0 Å². The molecule has 1 aromatic rings. The number of hydrogen-bond acceptors (Lipinski definition) is 1. The molecular weight excluding hydrogens is 441 g/mol. The van der Waals surface area contributed by atoms with Crippen LogP contribution < -0.4 is 10.4 Å². The third kappa shape index (κ3) is 5.15. The van der Waals surface area contributed by atoms with Crippen LogP contribution in [0.3, 0.4) is 0 Å². The molecule has 2 aliphatic carbocycles. The zero-order chi connectivity index (χ0) is 19.4. The second kappa shape index (κ2) is 11.1. The number of nitrogens with zero attached hydrogens (tertiary/aromatic N) is 3. The Morgan fingerprint density at radius 2 is 1.68 bits per heavy atom. The van der Waals surface area contributed by atoms with Crippen LogP contribution in [0.15, 0.2) is 24.3 Å². The van der Waals surface area contributed by atoms with Crippen molar-refractivity contribution in [3.05, 3.63) is 52.8 Å². The van der Waals surface area contributed by atoms with Crippen molar-refractivity contribution >= 4 is 39.0 Å². The average molecular weight is 473 g/mol. The Labute approximate surface area is 188 Å². The molecule has 1 saturated carbocycles. The van der Waals surface area contributed by atoms with Gasteiger partial charge in [0.15, 0.2) is 0 Å². The second-order valence-electron chi connectivity index (χ2n) is 8.27. The summed E-state index contributed by atoms with van der Waals surface area (Å²) in [6, 6.07) is 8.91. The summed E-state index contributed by atoms with van der Waals surface area (Å²) in [5, 5.41) is 12.0. The third-order valence-electron chi connectivity index (χ3n) is 6.65. The number of benzene rings is 1. The summed E-state index contributed by atoms with van der Waals surface area (Å²) < 4.78 is 2.63. The normalized spacial score (nSPS) is 29.3. The Bertz CT molecular complexity index is 739. The standard InChI is InChI=1S/C20H29N3Si.CH3.2ClH.Ti/c1-4-15-9-18-10-16-7-5-6-8-17(16)11-19(18)20(15)24(2,3)23-13-21-12-22-14-23;;;;/h5-8,10-11,15,18-20H,4,9,12-14H2,1-3H3;1H3;2*1H;/q-2;-1;;;+6/p-2. The number of halogens is 2. The monoisotopic (exact) mass is 472 g/mol. The van der Waals surface area contributed by atoms with E-state index in [-0.39, 0.29) is 7.43 Å². The third-order valence-corrected chi connectivity index (χ3v) is 11.1. The molecule has 1 aliphatic heterocycles. The van der Waals surface area contributed by atoms with Crippen LogP contribution in [-0.2, 0) is 17.0 Å². The molecule has 7 heteroatoms. The fourth-order valence-electron chi connectivity index (χ4n) is 5.38. The van der Waals surface area contributed by atoms with Crippen LogP contribution in [0.1, 0.15) is 19.8 Å². The average Bonchev–Trinajstić information content (AvgIpc) is 3.05. The van der Waals surface area contributed by atoms with Gasteiger partial charge in [0.25, 0.3) is 0 Å². The van der Waals surface area contributed by atoms with Crippen LogP contribution >= 0.6 is 18.6 Å². The molecule has 28 heavy (non-hydrogen) atoms. The van der Waals surface area contributed by atoms with E-state index in [1.54, 1.807) is 0 Å². The predicted molar refractivity (Wildman–Crippen MR) is 123 cm³/mol. The first-order chi connectivity index (χ1) is 13.0. The van der Waals surface area contributed by atoms with Gasteiger partial charge in [-0.25, -0.2) is 0 Å². The molecule has 1 heterocycles. The Kier molecular flexibility index (Phi) is 9.77. The zero-order valence-electron chi connectivity index (χ0n) is 17.4. The summed E-state index contributed by atoms with van der Waals surface area (Å²) in [6.07, 6.45) is 7.83. The molecule has 0 aromatic heterocycles. The molecule has 4 atom stereocenters. The van der Waals surface area contributed by atoms with E-state index >= 15 is 0 Å². The van der Waals surface area contributed by atoms with E-state index in [1.165, 1.54) is 23.3 Å². The maximum atomic E-state index is 4.89. The van der Waals surface area contributed by atoms with Gasteiger partial charge in [0.2, 0.25) is 0 Å². The van der Waals surface area contributed by atoms with Gasteiger partial charge < -0.3 is 22.6 Å². The Balaban J connectivity index is 0.000000660. The topological polar surface area (TPSA) is 31.4 Å². The molecule has 1 aromatic carbocycles. The fourth-order valence-corrected chi connectivity index (χ4v) is 9.54. The molecule has 3 aliphatic rings. The summed E-state index contributed by atoms with van der Waals surface area (Å²) in [6.45, 7) is 10.0. The molecule has 0 spiro atoms. The van der Waals surface area contributed by atoms with Crippen molar-refractivity contribution in [1.82, 2.24) is 4.57 Å². The van der Waals surface area contributed by atoms with Crippen molar-refractivity contribution in [3.8, 4) is 0 Å². The number of hydrogen-bond donors (Lipinski definition) is 0. The molecular formula is C21H32Cl2N3SiTi+. The van der Waals surface area contributed by atoms with Gasteiger partial charge in [-0.2, -0.15) is 0 Å². The van der Waals surface area contributed by atoms with Gasteiger partial charge in [0.05, 0.1) is 0 Å². The van der Waals surface area contributed by atoms with Gasteiger partial charge in [-0.3, -0.25) is 6.67 Å². The van der Waals surface area contributed by atoms with Gasteiger partial charge in [0, 0.05) is 0 Å². The quantitative estimate of drug-likeness (QED) is 0.435. The van der Waals surface area contributed by atoms with Crippen molar-refractivity contribution < 1.29 is 17.0 Å². The van der Waals surface area contributed by atoms with Crippen LogP contribution in [0.5, 0.6) is 0 Å². The SMILES string of the molecule is CCC1CC2C=c3ccccc3=CC2C1[Si](C)(C)N1C[N-]C[N-]C1.[CH3-].[Cl][Ti+4][Cl]. The van der Waals surface area contributed by atoms with E-state index in [2.05, 4.69) is 71.6 Å². The fraction of sp³-hybridized carbons (Fsp3) is 0.571. The second-order valence-corrected chi connectivity index (χ2v) is 15.5. The predicted octanol–water partition coefficient (Wildman–Crippen LogP) is 5.26. The van der Waals surface area contributed by atoms with Crippen LogP contribution in [0.25, 0.3) is 22.8 Å². The molecule has 2 fully saturated rings. The van der Waals surface area contributed by atoms with Crippen molar-refractivity contribution in [2.24, 2.45) is 17.8 Å². The molecule has 1 saturated heterocycles. The van der Waals surface area contributed by atoms with Crippen molar-refractivity contribution in [2.45, 2.75) is 38.4 Å². The molecule has 4 rings (SSSR count). The maximum absolute atomic E-state index is 4.89. The molecule has 3 nitrogen and oxygen atoms in total. The summed E-state index contributed by atoms with van der Waals surface area (Å²) >= 11 is -0.556. The first kappa shape index (κ1) is 24.6. The van der Waals surface area contributed by atoms with Crippen LogP contribution in [-0.4, -0.2) is 32.8 Å². The van der Waals surface area contributed by atoms with Crippen molar-refractivity contribution in [1.29, 1.82) is 0 Å². The van der Waals surface area contributed by atoms with Crippen LogP contribution in [0.2, 0.25) is 18.6 Å². The van der Waals surface area contributed by atoms with E-state index in [0.717, 1.165) is 30.7 Å². The van der Waals surface area contributed by atoms with E-state index in [9.17, 15) is 0 Å². The molecule has 0 N–H and O–H groups in total. The van der Waals surface area contributed by atoms with Gasteiger partial charge in [0.1, 0.15) is 8.24 Å². The minimum absolute atomic E-state index is 0. The number of rotatable bonds is 3. The summed E-state index contributed by atoms with van der Waals surface area (Å²) in [5.74, 6) is 2.26. The Morgan fingerprint density at radius 1 is 1.11 bits per heavy atom. The Morgan fingerprint density at radius 3 is 2.25 bits per heavy atom. The van der Waals surface area contributed by atoms with Gasteiger partial charge in [-0.05, 0) is 40.2 Å². The van der Waals surface area contributed by atoms with E-state index in [0.29, 0.717) is 12.6 Å². The molecule has 152 valence electrons. The molecule has 0 radical (unpaired) electrons. The molecule has 4 unspecified atom stereocenters. The molecule has 0 amide bonds. The molecule has 0 bridgehead atoms. The van der Waals surface area contributed by atoms with Gasteiger partial charge >= 0.3 is 35.6 Å². The first-order valence-electron chi connectivity index (χ1n) is 9.79. The van der Waals surface area contributed by atoms with E-state index < -0.39 is 25.3 Å². The van der Waals surface area contributed by atoms with Crippen molar-refractivity contribution in [3.63, 3.8) is 0 Å². The van der Waals surface area contributed by atoms with Crippen LogP contribution in [0, 0.1) is 25.2 Å². The minimum atomic E-state index is -1.59. The van der Waals surface area contributed by atoms with Gasteiger partial charge in [-0.1, -0.05) is 62.9 Å². The first-order valence-corrected chi connectivity index (χ1v) is 17.1. The summed E-state index contributed by atoms with van der Waals surface area (Å²) in [4.78, 5) is 0. The number of fused-ring (bicyclic) bond motifs is 2. The summed E-state index contributed by atoms with van der Waals surface area (Å²) in [5.41, 5.74) is 0.806. The van der Waals surface area contributed by atoms with Gasteiger partial charge in [-0.15, -0.1) is 13.3 Å². The Hall–Kier alpha value is 0.351. The summed E-state index contributed by atoms with van der Waals surface area (Å²) in [7, 11) is 8.19. The zero-order valence-corrected chi connectivity index (χ0v) is 21.5.